The highest BCUT2D eigenvalue weighted by Crippen LogP contribution is 2.24. The Kier molecular flexibility index (Phi) is 11.0. The molecule has 1 aromatic carbocycles. The Morgan fingerprint density at radius 3 is 2.53 bits per heavy atom. The Labute approximate surface area is 209 Å². The number of likely N-dealkylation sites (tertiary alicyclic amines) is 1. The monoisotopic (exact) mass is 553 g/mol. The Morgan fingerprint density at radius 2 is 1.91 bits per heavy atom. The first-order valence-electron chi connectivity index (χ1n) is 11.0. The van der Waals surface area contributed by atoms with Crippen LogP contribution in [0.15, 0.2) is 41.5 Å². The minimum Gasteiger partial charge on any atom is -0.497 e. The predicted molar refractivity (Wildman–Crippen MR) is 140 cm³/mol. The van der Waals surface area contributed by atoms with Crippen molar-refractivity contribution in [2.45, 2.75) is 39.3 Å². The van der Waals surface area contributed by atoms with Gasteiger partial charge in [-0.25, -0.2) is 0 Å². The Balaban J connectivity index is 0.00000363. The van der Waals surface area contributed by atoms with Crippen LogP contribution in [0.5, 0.6) is 11.5 Å². The summed E-state index contributed by atoms with van der Waals surface area (Å²) in [6.45, 7) is 8.58. The molecule has 0 amide bonds. The fourth-order valence-corrected chi connectivity index (χ4v) is 3.77. The minimum absolute atomic E-state index is 0. The van der Waals surface area contributed by atoms with Gasteiger partial charge in [-0.3, -0.25) is 14.9 Å². The third-order valence-corrected chi connectivity index (χ3v) is 5.42. The van der Waals surface area contributed by atoms with E-state index in [4.69, 9.17) is 14.5 Å². The molecule has 7 nitrogen and oxygen atoms in total. The smallest absolute Gasteiger partial charge is 0.191 e. The molecular weight excluding hydrogens is 517 g/mol. The first kappa shape index (κ1) is 26.2. The van der Waals surface area contributed by atoms with Gasteiger partial charge in [-0.05, 0) is 56.0 Å². The molecule has 3 rings (SSSR count). The molecule has 1 fully saturated rings. The molecule has 2 heterocycles. The number of guanidine groups is 1. The summed E-state index contributed by atoms with van der Waals surface area (Å²) in [5.74, 6) is 2.54. The average molecular weight is 553 g/mol. The number of aromatic nitrogens is 1. The highest BCUT2D eigenvalue weighted by atomic mass is 127. The minimum atomic E-state index is 0. The molecule has 1 saturated heterocycles. The van der Waals surface area contributed by atoms with Crippen molar-refractivity contribution in [3.05, 3.63) is 53.3 Å². The first-order valence-corrected chi connectivity index (χ1v) is 11.0. The molecule has 2 aromatic rings. The normalized spacial score (nSPS) is 16.4. The third-order valence-electron chi connectivity index (χ3n) is 5.42. The standard InChI is InChI=1S/C24H35N5O2.HI/c1-5-25-24(26-10-8-19-7-6-18(2)27-15-19)28-21-9-11-29(17-21)16-20-12-22(30-3)14-23(13-20)31-4;/h6-7,12-15,21H,5,8-11,16-17H2,1-4H3,(H2,25,26,28);1H. The molecule has 8 heteroatoms. The molecule has 0 radical (unpaired) electrons. The lowest BCUT2D eigenvalue weighted by Crippen LogP contribution is -2.44. The Morgan fingerprint density at radius 1 is 1.16 bits per heavy atom. The molecule has 0 spiro atoms. The van der Waals surface area contributed by atoms with E-state index in [9.17, 15) is 0 Å². The fraction of sp³-hybridized carbons (Fsp3) is 0.500. The van der Waals surface area contributed by atoms with Crippen molar-refractivity contribution in [1.82, 2.24) is 20.5 Å². The topological polar surface area (TPSA) is 71.0 Å². The Hall–Kier alpha value is -2.07. The zero-order chi connectivity index (χ0) is 22.1. The van der Waals surface area contributed by atoms with Crippen LogP contribution in [-0.4, -0.2) is 62.3 Å². The number of rotatable bonds is 9. The zero-order valence-electron chi connectivity index (χ0n) is 19.6. The van der Waals surface area contributed by atoms with Crippen LogP contribution >= 0.6 is 24.0 Å². The van der Waals surface area contributed by atoms with Crippen LogP contribution in [0.3, 0.4) is 0 Å². The quantitative estimate of drug-likeness (QED) is 0.282. The van der Waals surface area contributed by atoms with Crippen LogP contribution in [-0.2, 0) is 13.0 Å². The fourth-order valence-electron chi connectivity index (χ4n) is 3.77. The van der Waals surface area contributed by atoms with Gasteiger partial charge in [0.15, 0.2) is 5.96 Å². The summed E-state index contributed by atoms with van der Waals surface area (Å²) in [6.07, 6.45) is 3.92. The van der Waals surface area contributed by atoms with E-state index in [-0.39, 0.29) is 24.0 Å². The van der Waals surface area contributed by atoms with Crippen LogP contribution in [0.4, 0.5) is 0 Å². The molecular formula is C24H36IN5O2. The summed E-state index contributed by atoms with van der Waals surface area (Å²) in [4.78, 5) is 11.6. The number of hydrogen-bond donors (Lipinski definition) is 2. The highest BCUT2D eigenvalue weighted by molar-refractivity contribution is 14.0. The molecule has 1 atom stereocenters. The van der Waals surface area contributed by atoms with Crippen LogP contribution < -0.4 is 20.1 Å². The maximum atomic E-state index is 5.40. The predicted octanol–water partition coefficient (Wildman–Crippen LogP) is 3.40. The molecule has 1 aliphatic rings. The van der Waals surface area contributed by atoms with E-state index in [0.717, 1.165) is 68.7 Å². The number of halogens is 1. The van der Waals surface area contributed by atoms with Gasteiger partial charge in [0.05, 0.1) is 14.2 Å². The van der Waals surface area contributed by atoms with Crippen LogP contribution in [0.25, 0.3) is 0 Å². The lowest BCUT2D eigenvalue weighted by Gasteiger charge is -2.19. The summed E-state index contributed by atoms with van der Waals surface area (Å²) in [5.41, 5.74) is 3.45. The van der Waals surface area contributed by atoms with Crippen molar-refractivity contribution in [3.8, 4) is 11.5 Å². The third kappa shape index (κ3) is 8.12. The summed E-state index contributed by atoms with van der Waals surface area (Å²) in [5, 5.41) is 6.98. The lowest BCUT2D eigenvalue weighted by atomic mass is 10.2. The van der Waals surface area contributed by atoms with Gasteiger partial charge in [0.25, 0.3) is 0 Å². The lowest BCUT2D eigenvalue weighted by molar-refractivity contribution is 0.321. The maximum absolute atomic E-state index is 5.40. The van der Waals surface area contributed by atoms with Crippen molar-refractivity contribution < 1.29 is 9.47 Å². The summed E-state index contributed by atoms with van der Waals surface area (Å²) in [6, 6.07) is 10.6. The second kappa shape index (κ2) is 13.5. The van der Waals surface area contributed by atoms with Crippen LogP contribution in [0.1, 0.15) is 30.2 Å². The van der Waals surface area contributed by atoms with Gasteiger partial charge in [-0.2, -0.15) is 0 Å². The summed E-state index contributed by atoms with van der Waals surface area (Å²) in [7, 11) is 3.37. The number of benzene rings is 1. The number of nitrogens with zero attached hydrogens (tertiary/aromatic N) is 3. The molecule has 0 bridgehead atoms. The van der Waals surface area contributed by atoms with Crippen molar-refractivity contribution in [1.29, 1.82) is 0 Å². The molecule has 176 valence electrons. The number of aliphatic imine (C=N–C) groups is 1. The molecule has 1 unspecified atom stereocenters. The maximum Gasteiger partial charge on any atom is 0.191 e. The number of ether oxygens (including phenoxy) is 2. The van der Waals surface area contributed by atoms with E-state index in [0.29, 0.717) is 6.04 Å². The number of pyridine rings is 1. The zero-order valence-corrected chi connectivity index (χ0v) is 21.9. The molecule has 2 N–H and O–H groups in total. The molecule has 1 aliphatic heterocycles. The Bertz CT molecular complexity index is 838. The van der Waals surface area contributed by atoms with Gasteiger partial charge in [0.1, 0.15) is 11.5 Å². The van der Waals surface area contributed by atoms with Crippen molar-refractivity contribution in [2.75, 3.05) is 40.4 Å². The van der Waals surface area contributed by atoms with Gasteiger partial charge < -0.3 is 20.1 Å². The second-order valence-electron chi connectivity index (χ2n) is 7.90. The van der Waals surface area contributed by atoms with E-state index in [1.54, 1.807) is 14.2 Å². The summed E-state index contributed by atoms with van der Waals surface area (Å²) >= 11 is 0. The molecule has 0 aliphatic carbocycles. The van der Waals surface area contributed by atoms with Gasteiger partial charge in [-0.1, -0.05) is 6.07 Å². The number of methoxy groups -OCH3 is 2. The summed E-state index contributed by atoms with van der Waals surface area (Å²) < 4.78 is 10.8. The number of nitrogens with one attached hydrogen (secondary N) is 2. The second-order valence-corrected chi connectivity index (χ2v) is 7.90. The van der Waals surface area contributed by atoms with E-state index < -0.39 is 0 Å². The first-order chi connectivity index (χ1) is 15.1. The van der Waals surface area contributed by atoms with E-state index in [1.807, 2.05) is 25.3 Å². The van der Waals surface area contributed by atoms with Crippen LogP contribution in [0.2, 0.25) is 0 Å². The van der Waals surface area contributed by atoms with E-state index >= 15 is 0 Å². The van der Waals surface area contributed by atoms with Crippen molar-refractivity contribution in [3.63, 3.8) is 0 Å². The van der Waals surface area contributed by atoms with Crippen molar-refractivity contribution >= 4 is 29.9 Å². The number of hydrogen-bond acceptors (Lipinski definition) is 5. The van der Waals surface area contributed by atoms with E-state index in [1.165, 1.54) is 11.1 Å². The van der Waals surface area contributed by atoms with Gasteiger partial charge in [-0.15, -0.1) is 24.0 Å². The van der Waals surface area contributed by atoms with Crippen LogP contribution in [0, 0.1) is 6.92 Å². The largest absolute Gasteiger partial charge is 0.497 e. The highest BCUT2D eigenvalue weighted by Gasteiger charge is 2.23. The van der Waals surface area contributed by atoms with Gasteiger partial charge >= 0.3 is 0 Å². The molecule has 1 aromatic heterocycles. The SMILES string of the molecule is CCNC(=NCCc1ccc(C)nc1)NC1CCN(Cc2cc(OC)cc(OC)c2)C1.I. The number of aryl methyl sites for hydroxylation is 1. The average Bonchev–Trinajstić information content (AvgIpc) is 3.21. The van der Waals surface area contributed by atoms with Gasteiger partial charge in [0.2, 0.25) is 0 Å². The van der Waals surface area contributed by atoms with Gasteiger partial charge in [0, 0.05) is 56.7 Å². The molecule has 32 heavy (non-hydrogen) atoms. The molecule has 0 saturated carbocycles. The van der Waals surface area contributed by atoms with E-state index in [2.05, 4.69) is 45.6 Å². The van der Waals surface area contributed by atoms with Crippen molar-refractivity contribution in [2.24, 2.45) is 4.99 Å².